The largest absolute Gasteiger partial charge is 0.326 e. The monoisotopic (exact) mass is 197 g/mol. The summed E-state index contributed by atoms with van der Waals surface area (Å²) in [7, 11) is 0. The van der Waals surface area contributed by atoms with Crippen molar-refractivity contribution in [1.82, 2.24) is 4.98 Å². The molecule has 2 nitrogen and oxygen atoms in total. The van der Waals surface area contributed by atoms with E-state index in [0.29, 0.717) is 11.5 Å². The molecule has 0 aliphatic rings. The highest BCUT2D eigenvalue weighted by atomic mass is 19.1. The number of halogens is 1. The molecule has 0 aromatic carbocycles. The van der Waals surface area contributed by atoms with E-state index in [0.717, 1.165) is 12.1 Å². The third kappa shape index (κ3) is 2.44. The molecule has 0 fully saturated rings. The molecule has 0 spiro atoms. The van der Waals surface area contributed by atoms with Crippen molar-refractivity contribution < 1.29 is 4.39 Å². The van der Waals surface area contributed by atoms with Gasteiger partial charge in [-0.05, 0) is 18.4 Å². The van der Waals surface area contributed by atoms with Gasteiger partial charge in [0.15, 0.2) is 0 Å². The first-order chi connectivity index (χ1) is 6.69. The van der Waals surface area contributed by atoms with E-state index < -0.39 is 6.67 Å². The van der Waals surface area contributed by atoms with Crippen LogP contribution >= 0.6 is 0 Å². The number of H-pyrrole nitrogens is 1. The van der Waals surface area contributed by atoms with Crippen LogP contribution in [0.3, 0.4) is 0 Å². The van der Waals surface area contributed by atoms with Gasteiger partial charge >= 0.3 is 0 Å². The molecule has 3 heteroatoms. The normalized spacial score (nSPS) is 12.8. The van der Waals surface area contributed by atoms with Gasteiger partial charge in [-0.3, -0.25) is 9.18 Å². The zero-order valence-electron chi connectivity index (χ0n) is 8.64. The molecule has 1 aromatic rings. The van der Waals surface area contributed by atoms with Crippen molar-refractivity contribution in [2.24, 2.45) is 0 Å². The molecule has 0 aliphatic heterocycles. The average Bonchev–Trinajstić information content (AvgIpc) is 2.20. The fourth-order valence-corrected chi connectivity index (χ4v) is 1.33. The smallest absolute Gasteiger partial charge is 0.251 e. The number of aromatic amines is 1. The van der Waals surface area contributed by atoms with E-state index in [4.69, 9.17) is 0 Å². The van der Waals surface area contributed by atoms with Crippen molar-refractivity contribution in [2.45, 2.75) is 32.6 Å². The lowest BCUT2D eigenvalue weighted by Crippen LogP contribution is -2.15. The Hall–Kier alpha value is -1.12. The van der Waals surface area contributed by atoms with Gasteiger partial charge in [-0.25, -0.2) is 0 Å². The van der Waals surface area contributed by atoms with Gasteiger partial charge in [-0.1, -0.05) is 19.9 Å². The summed E-state index contributed by atoms with van der Waals surface area (Å²) < 4.78 is 12.0. The van der Waals surface area contributed by atoms with Gasteiger partial charge in [-0.15, -0.1) is 0 Å². The van der Waals surface area contributed by atoms with Gasteiger partial charge in [0.05, 0.1) is 6.67 Å². The predicted octanol–water partition coefficient (Wildman–Crippen LogP) is 2.40. The summed E-state index contributed by atoms with van der Waals surface area (Å²) in [5.41, 5.74) is 1.31. The van der Waals surface area contributed by atoms with Crippen LogP contribution in [-0.2, 0) is 6.42 Å². The SMILES string of the molecule is CCC(C)c1ccc(CCF)c(=O)[nH]1. The van der Waals surface area contributed by atoms with Crippen molar-refractivity contribution in [2.75, 3.05) is 6.67 Å². The Kier molecular flexibility index (Phi) is 3.86. The first-order valence-corrected chi connectivity index (χ1v) is 4.97. The molecule has 0 aliphatic carbocycles. The number of aryl methyl sites for hydroxylation is 1. The highest BCUT2D eigenvalue weighted by molar-refractivity contribution is 5.16. The molecule has 0 saturated heterocycles. The van der Waals surface area contributed by atoms with Crippen LogP contribution < -0.4 is 5.56 Å². The number of hydrogen-bond acceptors (Lipinski definition) is 1. The molecule has 0 amide bonds. The molecule has 1 unspecified atom stereocenters. The summed E-state index contributed by atoms with van der Waals surface area (Å²) in [6, 6.07) is 3.60. The molecule has 14 heavy (non-hydrogen) atoms. The molecule has 1 atom stereocenters. The Labute approximate surface area is 83.2 Å². The molecule has 0 saturated carbocycles. The molecule has 0 bridgehead atoms. The molecule has 1 heterocycles. The molecule has 1 aromatic heterocycles. The summed E-state index contributed by atoms with van der Waals surface area (Å²) in [6.45, 7) is 3.64. The van der Waals surface area contributed by atoms with Crippen LogP contribution in [0.5, 0.6) is 0 Å². The van der Waals surface area contributed by atoms with Gasteiger partial charge in [0.2, 0.25) is 0 Å². The number of hydrogen-bond donors (Lipinski definition) is 1. The maximum atomic E-state index is 12.0. The Balaban J connectivity index is 2.94. The van der Waals surface area contributed by atoms with Gasteiger partial charge in [-0.2, -0.15) is 0 Å². The summed E-state index contributed by atoms with van der Waals surface area (Å²) >= 11 is 0. The fourth-order valence-electron chi connectivity index (χ4n) is 1.33. The van der Waals surface area contributed by atoms with Crippen LogP contribution in [0.4, 0.5) is 4.39 Å². The molecular weight excluding hydrogens is 181 g/mol. The van der Waals surface area contributed by atoms with E-state index in [1.807, 2.05) is 6.07 Å². The molecule has 1 rings (SSSR count). The second-order valence-corrected chi connectivity index (χ2v) is 3.52. The van der Waals surface area contributed by atoms with Crippen LogP contribution in [0.2, 0.25) is 0 Å². The second kappa shape index (κ2) is 4.94. The van der Waals surface area contributed by atoms with Crippen molar-refractivity contribution in [3.8, 4) is 0 Å². The Morgan fingerprint density at radius 2 is 2.21 bits per heavy atom. The first-order valence-electron chi connectivity index (χ1n) is 4.97. The average molecular weight is 197 g/mol. The Morgan fingerprint density at radius 1 is 1.50 bits per heavy atom. The van der Waals surface area contributed by atoms with Crippen molar-refractivity contribution >= 4 is 0 Å². The Morgan fingerprint density at radius 3 is 2.71 bits per heavy atom. The van der Waals surface area contributed by atoms with Gasteiger partial charge in [0, 0.05) is 17.7 Å². The summed E-state index contributed by atoms with van der Waals surface area (Å²) in [6.07, 6.45) is 1.19. The lowest BCUT2D eigenvalue weighted by atomic mass is 10.0. The summed E-state index contributed by atoms with van der Waals surface area (Å²) in [5.74, 6) is 0.349. The Bertz CT molecular complexity index is 345. The van der Waals surface area contributed by atoms with E-state index >= 15 is 0 Å². The zero-order valence-corrected chi connectivity index (χ0v) is 8.64. The maximum Gasteiger partial charge on any atom is 0.251 e. The molecule has 1 N–H and O–H groups in total. The number of alkyl halides is 1. The number of pyridine rings is 1. The van der Waals surface area contributed by atoms with E-state index in [2.05, 4.69) is 18.8 Å². The van der Waals surface area contributed by atoms with E-state index in [1.54, 1.807) is 6.07 Å². The number of nitrogens with one attached hydrogen (secondary N) is 1. The highest BCUT2D eigenvalue weighted by Crippen LogP contribution is 2.14. The first kappa shape index (κ1) is 11.0. The second-order valence-electron chi connectivity index (χ2n) is 3.52. The van der Waals surface area contributed by atoms with Crippen molar-refractivity contribution in [1.29, 1.82) is 0 Å². The van der Waals surface area contributed by atoms with E-state index in [9.17, 15) is 9.18 Å². The standard InChI is InChI=1S/C11H16FNO/c1-3-8(2)10-5-4-9(6-7-12)11(14)13-10/h4-5,8H,3,6-7H2,1-2H3,(H,13,14). The fraction of sp³-hybridized carbons (Fsp3) is 0.545. The third-order valence-corrected chi connectivity index (χ3v) is 2.52. The number of rotatable bonds is 4. The molecular formula is C11H16FNO. The topological polar surface area (TPSA) is 32.9 Å². The van der Waals surface area contributed by atoms with Crippen molar-refractivity contribution in [3.63, 3.8) is 0 Å². The summed E-state index contributed by atoms with van der Waals surface area (Å²) in [5, 5.41) is 0. The quantitative estimate of drug-likeness (QED) is 0.789. The minimum Gasteiger partial charge on any atom is -0.326 e. The van der Waals surface area contributed by atoms with Crippen LogP contribution in [0.1, 0.15) is 37.4 Å². The minimum absolute atomic E-state index is 0.152. The van der Waals surface area contributed by atoms with Gasteiger partial charge in [0.25, 0.3) is 5.56 Å². The van der Waals surface area contributed by atoms with E-state index in [-0.39, 0.29) is 12.0 Å². The van der Waals surface area contributed by atoms with Crippen molar-refractivity contribution in [3.05, 3.63) is 33.7 Å². The lowest BCUT2D eigenvalue weighted by molar-refractivity contribution is 0.494. The van der Waals surface area contributed by atoms with Crippen LogP contribution in [0.15, 0.2) is 16.9 Å². The maximum absolute atomic E-state index is 12.0. The van der Waals surface area contributed by atoms with Crippen LogP contribution in [0.25, 0.3) is 0 Å². The minimum atomic E-state index is -0.480. The highest BCUT2D eigenvalue weighted by Gasteiger charge is 2.05. The predicted molar refractivity (Wildman–Crippen MR) is 55.4 cm³/mol. The van der Waals surface area contributed by atoms with Gasteiger partial charge in [0.1, 0.15) is 0 Å². The van der Waals surface area contributed by atoms with Crippen LogP contribution in [-0.4, -0.2) is 11.7 Å². The summed E-state index contributed by atoms with van der Waals surface area (Å²) in [4.78, 5) is 14.2. The number of aromatic nitrogens is 1. The third-order valence-electron chi connectivity index (χ3n) is 2.52. The zero-order chi connectivity index (χ0) is 10.6. The van der Waals surface area contributed by atoms with Crippen LogP contribution in [0, 0.1) is 0 Å². The molecule has 0 radical (unpaired) electrons. The van der Waals surface area contributed by atoms with Gasteiger partial charge < -0.3 is 4.98 Å². The molecule has 78 valence electrons. The lowest BCUT2D eigenvalue weighted by Gasteiger charge is -2.08. The van der Waals surface area contributed by atoms with E-state index in [1.165, 1.54) is 0 Å².